The second-order valence-electron chi connectivity index (χ2n) is 9.89. The van der Waals surface area contributed by atoms with E-state index in [1.54, 1.807) is 0 Å². The van der Waals surface area contributed by atoms with Gasteiger partial charge in [-0.05, 0) is 79.3 Å². The molecule has 0 saturated heterocycles. The van der Waals surface area contributed by atoms with Crippen LogP contribution in [0.5, 0.6) is 5.75 Å². The highest BCUT2D eigenvalue weighted by atomic mass is 16.5. The summed E-state index contributed by atoms with van der Waals surface area (Å²) in [7, 11) is 0. The van der Waals surface area contributed by atoms with E-state index in [1.807, 2.05) is 87.5 Å². The highest BCUT2D eigenvalue weighted by Gasteiger charge is 2.40. The van der Waals surface area contributed by atoms with Crippen LogP contribution in [-0.2, 0) is 15.0 Å². The quantitative estimate of drug-likeness (QED) is 0.426. The van der Waals surface area contributed by atoms with Gasteiger partial charge in [-0.15, -0.1) is 0 Å². The first kappa shape index (κ1) is 24.3. The van der Waals surface area contributed by atoms with E-state index in [-0.39, 0.29) is 22.9 Å². The lowest BCUT2D eigenvalue weighted by atomic mass is 9.87. The van der Waals surface area contributed by atoms with Gasteiger partial charge in [0.25, 0.3) is 11.8 Å². The fraction of sp³-hybridized carbons (Fsp3) is 0.267. The first-order valence-electron chi connectivity index (χ1n) is 11.9. The van der Waals surface area contributed by atoms with Crippen LogP contribution in [0.15, 0.2) is 72.4 Å². The molecular formula is C30H32N2O3. The van der Waals surface area contributed by atoms with Gasteiger partial charge in [-0.1, -0.05) is 56.7 Å². The van der Waals surface area contributed by atoms with Crippen LogP contribution in [0, 0.1) is 13.8 Å². The zero-order valence-electron chi connectivity index (χ0n) is 21.2. The Labute approximate surface area is 207 Å². The standard InChI is InChI=1S/C30H32N2O3/c1-7-35-24-15-11-22(12-16-24)31-27-26(25-17-8-19(2)18-20(25)3)28(33)32(29(27)34)23-13-9-21(10-14-23)30(4,5)6/h8-18,31H,7H2,1-6H3. The largest absolute Gasteiger partial charge is 0.494 e. The Morgan fingerprint density at radius 3 is 2.09 bits per heavy atom. The second-order valence-corrected chi connectivity index (χ2v) is 9.89. The molecule has 4 rings (SSSR count). The van der Waals surface area contributed by atoms with E-state index >= 15 is 0 Å². The van der Waals surface area contributed by atoms with E-state index in [1.165, 1.54) is 4.90 Å². The monoisotopic (exact) mass is 468 g/mol. The number of hydrogen-bond donors (Lipinski definition) is 1. The molecule has 0 radical (unpaired) electrons. The lowest BCUT2D eigenvalue weighted by Gasteiger charge is -2.21. The Balaban J connectivity index is 1.77. The van der Waals surface area contributed by atoms with Crippen molar-refractivity contribution < 1.29 is 14.3 Å². The fourth-order valence-electron chi connectivity index (χ4n) is 4.28. The van der Waals surface area contributed by atoms with Gasteiger partial charge in [0.1, 0.15) is 11.4 Å². The molecule has 0 fully saturated rings. The molecule has 1 heterocycles. The Morgan fingerprint density at radius 2 is 1.51 bits per heavy atom. The zero-order valence-corrected chi connectivity index (χ0v) is 21.2. The summed E-state index contributed by atoms with van der Waals surface area (Å²) >= 11 is 0. The summed E-state index contributed by atoms with van der Waals surface area (Å²) in [5, 5.41) is 3.23. The van der Waals surface area contributed by atoms with Crippen molar-refractivity contribution >= 4 is 28.8 Å². The van der Waals surface area contributed by atoms with Gasteiger partial charge in [-0.3, -0.25) is 9.59 Å². The van der Waals surface area contributed by atoms with Crippen LogP contribution in [0.2, 0.25) is 0 Å². The number of nitrogens with one attached hydrogen (secondary N) is 1. The molecule has 3 aromatic rings. The Hall–Kier alpha value is -3.86. The van der Waals surface area contributed by atoms with E-state index in [9.17, 15) is 9.59 Å². The molecule has 0 spiro atoms. The van der Waals surface area contributed by atoms with E-state index < -0.39 is 0 Å². The number of amides is 2. The molecule has 0 saturated carbocycles. The molecule has 1 aliphatic heterocycles. The van der Waals surface area contributed by atoms with Crippen molar-refractivity contribution in [3.05, 3.63) is 94.7 Å². The number of carbonyl (C=O) groups excluding carboxylic acids is 2. The van der Waals surface area contributed by atoms with Crippen LogP contribution < -0.4 is 15.0 Å². The van der Waals surface area contributed by atoms with Gasteiger partial charge < -0.3 is 10.1 Å². The van der Waals surface area contributed by atoms with Crippen molar-refractivity contribution in [3.63, 3.8) is 0 Å². The summed E-state index contributed by atoms with van der Waals surface area (Å²) < 4.78 is 5.53. The highest BCUT2D eigenvalue weighted by Crippen LogP contribution is 2.36. The molecule has 3 aromatic carbocycles. The maximum absolute atomic E-state index is 13.8. The van der Waals surface area contributed by atoms with Crippen LogP contribution in [-0.4, -0.2) is 18.4 Å². The third kappa shape index (κ3) is 4.85. The molecule has 0 unspecified atom stereocenters. The Morgan fingerprint density at radius 1 is 0.857 bits per heavy atom. The van der Waals surface area contributed by atoms with Crippen LogP contribution in [0.4, 0.5) is 11.4 Å². The van der Waals surface area contributed by atoms with Crippen LogP contribution in [0.25, 0.3) is 5.57 Å². The molecule has 0 aromatic heterocycles. The molecule has 5 heteroatoms. The van der Waals surface area contributed by atoms with E-state index in [0.717, 1.165) is 28.0 Å². The molecule has 35 heavy (non-hydrogen) atoms. The second kappa shape index (κ2) is 9.41. The average Bonchev–Trinajstić information content (AvgIpc) is 3.04. The smallest absolute Gasteiger partial charge is 0.282 e. The molecule has 5 nitrogen and oxygen atoms in total. The summed E-state index contributed by atoms with van der Waals surface area (Å²) in [6, 6.07) is 20.9. The minimum absolute atomic E-state index is 0.0274. The summed E-state index contributed by atoms with van der Waals surface area (Å²) in [6.45, 7) is 12.9. The molecular weight excluding hydrogens is 436 g/mol. The summed E-state index contributed by atoms with van der Waals surface area (Å²) in [5.41, 5.74) is 5.80. The lowest BCUT2D eigenvalue weighted by Crippen LogP contribution is -2.32. The highest BCUT2D eigenvalue weighted by molar-refractivity contribution is 6.46. The minimum Gasteiger partial charge on any atom is -0.494 e. The number of carbonyl (C=O) groups is 2. The third-order valence-corrected chi connectivity index (χ3v) is 6.16. The summed E-state index contributed by atoms with van der Waals surface area (Å²) in [4.78, 5) is 28.7. The van der Waals surface area contributed by atoms with Gasteiger partial charge in [0.2, 0.25) is 0 Å². The van der Waals surface area contributed by atoms with E-state index in [2.05, 4.69) is 26.1 Å². The fourth-order valence-corrected chi connectivity index (χ4v) is 4.28. The van der Waals surface area contributed by atoms with Gasteiger partial charge >= 0.3 is 0 Å². The van der Waals surface area contributed by atoms with Crippen molar-refractivity contribution in [3.8, 4) is 5.75 Å². The van der Waals surface area contributed by atoms with Crippen LogP contribution in [0.1, 0.15) is 49.9 Å². The number of benzene rings is 3. The third-order valence-electron chi connectivity index (χ3n) is 6.16. The molecule has 0 aliphatic carbocycles. The van der Waals surface area contributed by atoms with Crippen molar-refractivity contribution in [2.45, 2.75) is 47.0 Å². The van der Waals surface area contributed by atoms with Crippen molar-refractivity contribution in [1.82, 2.24) is 0 Å². The first-order chi connectivity index (χ1) is 16.6. The molecule has 0 atom stereocenters. The molecule has 1 N–H and O–H groups in total. The number of ether oxygens (including phenoxy) is 1. The normalized spacial score (nSPS) is 14.1. The maximum Gasteiger partial charge on any atom is 0.282 e. The summed E-state index contributed by atoms with van der Waals surface area (Å²) in [6.07, 6.45) is 0. The number of anilines is 2. The van der Waals surface area contributed by atoms with Gasteiger partial charge in [0.05, 0.1) is 17.9 Å². The number of imide groups is 1. The van der Waals surface area contributed by atoms with Crippen LogP contribution >= 0.6 is 0 Å². The van der Waals surface area contributed by atoms with E-state index in [4.69, 9.17) is 4.74 Å². The molecule has 2 amide bonds. The van der Waals surface area contributed by atoms with Crippen molar-refractivity contribution in [1.29, 1.82) is 0 Å². The number of aryl methyl sites for hydroxylation is 2. The predicted molar refractivity (Wildman–Crippen MR) is 142 cm³/mol. The SMILES string of the molecule is CCOc1ccc(NC2=C(c3ccc(C)cc3C)C(=O)N(c3ccc(C(C)(C)C)cc3)C2=O)cc1. The number of nitrogens with zero attached hydrogens (tertiary/aromatic N) is 1. The van der Waals surface area contributed by atoms with Gasteiger partial charge in [0.15, 0.2) is 0 Å². The van der Waals surface area contributed by atoms with Gasteiger partial charge in [0, 0.05) is 5.69 Å². The number of rotatable bonds is 6. The van der Waals surface area contributed by atoms with E-state index in [0.29, 0.717) is 23.6 Å². The minimum atomic E-state index is -0.373. The molecule has 0 bridgehead atoms. The number of hydrogen-bond acceptors (Lipinski definition) is 4. The zero-order chi connectivity index (χ0) is 25.3. The Kier molecular flexibility index (Phi) is 6.53. The van der Waals surface area contributed by atoms with Gasteiger partial charge in [-0.2, -0.15) is 0 Å². The van der Waals surface area contributed by atoms with Crippen LogP contribution in [0.3, 0.4) is 0 Å². The first-order valence-corrected chi connectivity index (χ1v) is 11.9. The topological polar surface area (TPSA) is 58.6 Å². The average molecular weight is 469 g/mol. The lowest BCUT2D eigenvalue weighted by molar-refractivity contribution is -0.120. The van der Waals surface area contributed by atoms with Crippen molar-refractivity contribution in [2.75, 3.05) is 16.8 Å². The molecule has 180 valence electrons. The summed E-state index contributed by atoms with van der Waals surface area (Å²) in [5.74, 6) is 0.0392. The maximum atomic E-state index is 13.8. The predicted octanol–water partition coefficient (Wildman–Crippen LogP) is 6.40. The van der Waals surface area contributed by atoms with Crippen molar-refractivity contribution in [2.24, 2.45) is 0 Å². The Bertz CT molecular complexity index is 1300. The van der Waals surface area contributed by atoms with Gasteiger partial charge in [-0.25, -0.2) is 4.90 Å². The molecule has 1 aliphatic rings.